The summed E-state index contributed by atoms with van der Waals surface area (Å²) in [5.74, 6) is 0.370. The first-order chi connectivity index (χ1) is 7.49. The van der Waals surface area contributed by atoms with Crippen molar-refractivity contribution in [3.8, 4) is 0 Å². The third kappa shape index (κ3) is 4.01. The highest BCUT2D eigenvalue weighted by Gasteiger charge is 2.15. The van der Waals surface area contributed by atoms with E-state index in [1.165, 1.54) is 12.5 Å². The molecule has 0 radical (unpaired) electrons. The molecular weight excluding hydrogens is 202 g/mol. The molecule has 16 heavy (non-hydrogen) atoms. The van der Waals surface area contributed by atoms with Crippen LogP contribution in [0.15, 0.2) is 24.5 Å². The van der Waals surface area contributed by atoms with Gasteiger partial charge in [-0.15, -0.1) is 0 Å². The van der Waals surface area contributed by atoms with Crippen molar-refractivity contribution in [3.05, 3.63) is 30.1 Å². The van der Waals surface area contributed by atoms with E-state index in [0.717, 1.165) is 6.42 Å². The highest BCUT2D eigenvalue weighted by molar-refractivity contribution is 5.65. The van der Waals surface area contributed by atoms with E-state index in [0.29, 0.717) is 5.92 Å². The summed E-state index contributed by atoms with van der Waals surface area (Å²) in [7, 11) is 0. The minimum atomic E-state index is -0.255. The largest absolute Gasteiger partial charge is 0.403 e. The van der Waals surface area contributed by atoms with Crippen LogP contribution in [0, 0.1) is 5.92 Å². The molecule has 1 unspecified atom stereocenters. The van der Waals surface area contributed by atoms with Gasteiger partial charge in [-0.3, -0.25) is 4.79 Å². The summed E-state index contributed by atoms with van der Waals surface area (Å²) in [5.41, 5.74) is 1.26. The van der Waals surface area contributed by atoms with Crippen LogP contribution in [-0.2, 0) is 16.0 Å². The maximum Gasteiger partial charge on any atom is 0.307 e. The molecule has 0 aliphatic heterocycles. The molecule has 88 valence electrons. The molecule has 1 aromatic heterocycles. The van der Waals surface area contributed by atoms with Gasteiger partial charge in [0, 0.05) is 25.5 Å². The monoisotopic (exact) mass is 222 g/mol. The molecule has 1 aromatic rings. The van der Waals surface area contributed by atoms with Gasteiger partial charge in [-0.2, -0.15) is 4.57 Å². The molecule has 1 atom stereocenters. The number of nitrogens with zero attached hydrogens (tertiary/aromatic N) is 1. The second-order valence-corrected chi connectivity index (χ2v) is 4.47. The van der Waals surface area contributed by atoms with Crippen molar-refractivity contribution in [1.29, 1.82) is 0 Å². The number of rotatable bonds is 4. The van der Waals surface area contributed by atoms with E-state index in [9.17, 15) is 4.79 Å². The van der Waals surface area contributed by atoms with Crippen molar-refractivity contribution in [2.45, 2.75) is 40.3 Å². The molecule has 0 saturated carbocycles. The highest BCUT2D eigenvalue weighted by Crippen LogP contribution is 2.06. The van der Waals surface area contributed by atoms with Gasteiger partial charge in [0.2, 0.25) is 0 Å². The summed E-state index contributed by atoms with van der Waals surface area (Å²) < 4.78 is 7.04. The molecule has 0 aromatic carbocycles. The normalized spacial score (nSPS) is 12.6. The van der Waals surface area contributed by atoms with E-state index >= 15 is 0 Å². The average molecular weight is 222 g/mol. The third-order valence-electron chi connectivity index (χ3n) is 2.28. The van der Waals surface area contributed by atoms with Crippen LogP contribution in [0.5, 0.6) is 0 Å². The second kappa shape index (κ2) is 5.64. The zero-order valence-electron chi connectivity index (χ0n) is 10.4. The maximum atomic E-state index is 10.9. The molecule has 0 amide bonds. The standard InChI is InChI=1S/C13H20NO2/c1-10(2)8-13-6-5-7-14(9-13)11(3)16-12(4)15/h5-7,9-11H,8H2,1-4H3/q+1. The number of hydrogen-bond acceptors (Lipinski definition) is 2. The fourth-order valence-corrected chi connectivity index (χ4v) is 1.66. The number of aromatic nitrogens is 1. The molecule has 0 spiro atoms. The summed E-state index contributed by atoms with van der Waals surface area (Å²) in [6.45, 7) is 7.66. The summed E-state index contributed by atoms with van der Waals surface area (Å²) in [6, 6.07) is 4.08. The lowest BCUT2D eigenvalue weighted by Gasteiger charge is -2.08. The Hall–Kier alpha value is -1.38. The van der Waals surface area contributed by atoms with Crippen LogP contribution in [0.2, 0.25) is 0 Å². The summed E-state index contributed by atoms with van der Waals surface area (Å²) >= 11 is 0. The van der Waals surface area contributed by atoms with Crippen molar-refractivity contribution < 1.29 is 14.1 Å². The van der Waals surface area contributed by atoms with Crippen molar-refractivity contribution in [2.75, 3.05) is 0 Å². The highest BCUT2D eigenvalue weighted by atomic mass is 16.6. The molecule has 0 bridgehead atoms. The van der Waals surface area contributed by atoms with E-state index in [-0.39, 0.29) is 12.2 Å². The summed E-state index contributed by atoms with van der Waals surface area (Å²) in [5, 5.41) is 0. The Kier molecular flexibility index (Phi) is 4.47. The molecular formula is C13H20NO2+. The second-order valence-electron chi connectivity index (χ2n) is 4.47. The fourth-order valence-electron chi connectivity index (χ4n) is 1.66. The molecule has 3 heteroatoms. The van der Waals surface area contributed by atoms with Gasteiger partial charge in [-0.05, 0) is 18.4 Å². The fraction of sp³-hybridized carbons (Fsp3) is 0.538. The van der Waals surface area contributed by atoms with Gasteiger partial charge < -0.3 is 4.74 Å². The molecule has 0 aliphatic rings. The quantitative estimate of drug-likeness (QED) is 0.578. The Morgan fingerprint density at radius 1 is 1.44 bits per heavy atom. The van der Waals surface area contributed by atoms with Crippen LogP contribution in [-0.4, -0.2) is 5.97 Å². The zero-order chi connectivity index (χ0) is 12.1. The van der Waals surface area contributed by atoms with Crippen molar-refractivity contribution in [2.24, 2.45) is 5.92 Å². The van der Waals surface area contributed by atoms with Gasteiger partial charge in [0.25, 0.3) is 0 Å². The number of ether oxygens (including phenoxy) is 1. The Balaban J connectivity index is 2.77. The van der Waals surface area contributed by atoms with Gasteiger partial charge in [0.05, 0.1) is 0 Å². The Morgan fingerprint density at radius 2 is 2.12 bits per heavy atom. The number of pyridine rings is 1. The molecule has 3 nitrogen and oxygen atoms in total. The lowest BCUT2D eigenvalue weighted by molar-refractivity contribution is -0.753. The Labute approximate surface area is 97.1 Å². The van der Waals surface area contributed by atoms with Crippen molar-refractivity contribution in [3.63, 3.8) is 0 Å². The number of carbonyl (C=O) groups excluding carboxylic acids is 1. The maximum absolute atomic E-state index is 10.9. The smallest absolute Gasteiger partial charge is 0.307 e. The first-order valence-electron chi connectivity index (χ1n) is 5.66. The SMILES string of the molecule is CC(=O)OC(C)[n+]1cccc(CC(C)C)c1. The van der Waals surface area contributed by atoms with Crippen LogP contribution in [0.1, 0.15) is 39.5 Å². The van der Waals surface area contributed by atoms with Gasteiger partial charge in [-0.25, -0.2) is 0 Å². The van der Waals surface area contributed by atoms with Gasteiger partial charge in [0.15, 0.2) is 12.4 Å². The zero-order valence-corrected chi connectivity index (χ0v) is 10.4. The van der Waals surface area contributed by atoms with Gasteiger partial charge in [-0.1, -0.05) is 13.8 Å². The molecule has 1 heterocycles. The summed E-state index contributed by atoms with van der Waals surface area (Å²) in [6.07, 6.45) is 4.74. The number of esters is 1. The van der Waals surface area contributed by atoms with Crippen LogP contribution in [0.4, 0.5) is 0 Å². The summed E-state index contributed by atoms with van der Waals surface area (Å²) in [4.78, 5) is 10.9. The molecule has 0 N–H and O–H groups in total. The van der Waals surface area contributed by atoms with Gasteiger partial charge >= 0.3 is 12.2 Å². The van der Waals surface area contributed by atoms with E-state index < -0.39 is 0 Å². The predicted molar refractivity (Wildman–Crippen MR) is 61.7 cm³/mol. The van der Waals surface area contributed by atoms with E-state index in [1.807, 2.05) is 30.0 Å². The molecule has 0 aliphatic carbocycles. The minimum absolute atomic E-state index is 0.246. The van der Waals surface area contributed by atoms with Crippen LogP contribution < -0.4 is 4.57 Å². The lowest BCUT2D eigenvalue weighted by Crippen LogP contribution is -2.39. The first-order valence-corrected chi connectivity index (χ1v) is 5.66. The number of carbonyl (C=O) groups is 1. The van der Waals surface area contributed by atoms with E-state index in [2.05, 4.69) is 19.9 Å². The van der Waals surface area contributed by atoms with Crippen molar-refractivity contribution >= 4 is 5.97 Å². The predicted octanol–water partition coefficient (Wildman–Crippen LogP) is 2.25. The van der Waals surface area contributed by atoms with E-state index in [4.69, 9.17) is 4.74 Å². The lowest BCUT2D eigenvalue weighted by atomic mass is 10.1. The van der Waals surface area contributed by atoms with Crippen LogP contribution in [0.3, 0.4) is 0 Å². The molecule has 0 saturated heterocycles. The average Bonchev–Trinajstić information content (AvgIpc) is 2.16. The van der Waals surface area contributed by atoms with Crippen LogP contribution in [0.25, 0.3) is 0 Å². The minimum Gasteiger partial charge on any atom is -0.403 e. The Bertz CT molecular complexity index is 361. The van der Waals surface area contributed by atoms with Gasteiger partial charge in [0.1, 0.15) is 0 Å². The molecule has 0 fully saturated rings. The van der Waals surface area contributed by atoms with Crippen molar-refractivity contribution in [1.82, 2.24) is 0 Å². The molecule has 1 rings (SSSR count). The first kappa shape index (κ1) is 12.7. The van der Waals surface area contributed by atoms with Crippen LogP contribution >= 0.6 is 0 Å². The topological polar surface area (TPSA) is 30.2 Å². The number of hydrogen-bond donors (Lipinski definition) is 0. The third-order valence-corrected chi connectivity index (χ3v) is 2.28. The van der Waals surface area contributed by atoms with E-state index in [1.54, 1.807) is 0 Å². The Morgan fingerprint density at radius 3 is 2.69 bits per heavy atom.